The van der Waals surface area contributed by atoms with Crippen LogP contribution in [0.2, 0.25) is 0 Å². The molecule has 0 spiro atoms. The molecule has 0 radical (unpaired) electrons. The van der Waals surface area contributed by atoms with Gasteiger partial charge in [0.25, 0.3) is 0 Å². The molecule has 0 unspecified atom stereocenters. The van der Waals surface area contributed by atoms with Crippen molar-refractivity contribution in [2.24, 2.45) is 5.41 Å². The molecule has 3 N–H and O–H groups in total. The number of fused-ring (bicyclic) bond motifs is 1. The predicted molar refractivity (Wildman–Crippen MR) is 149 cm³/mol. The lowest BCUT2D eigenvalue weighted by molar-refractivity contribution is -0.128. The number of aromatic amines is 1. The molecule has 0 atom stereocenters. The number of carbonyl (C=O) groups excluding carboxylic acids is 3. The first-order valence-electron chi connectivity index (χ1n) is 12.8. The molecule has 2 aromatic heterocycles. The molecule has 39 heavy (non-hydrogen) atoms. The SMILES string of the molecule is Cc1c[nH]c2ncnc(N3CCC(CNC(=O)CN(C)C)(C(=O)Nc4cccc(OC(=O)N(C)C)c4)CC3)c12. The molecule has 3 heterocycles. The van der Waals surface area contributed by atoms with E-state index in [9.17, 15) is 14.4 Å². The standard InChI is InChI=1S/C27H36N8O4/c1-18-14-28-23-22(18)24(31-17-30-23)35-11-9-27(10-12-35,16-29-21(36)15-33(2)3)25(37)32-19-7-6-8-20(13-19)39-26(38)34(4)5/h6-8,13-14,17H,9-12,15-16H2,1-5H3,(H,29,36)(H,32,37)(H,28,30,31). The summed E-state index contributed by atoms with van der Waals surface area (Å²) in [6.45, 7) is 3.60. The fourth-order valence-corrected chi connectivity index (χ4v) is 4.67. The molecule has 3 aromatic rings. The Morgan fingerprint density at radius 2 is 1.87 bits per heavy atom. The van der Waals surface area contributed by atoms with Crippen LogP contribution in [0.25, 0.3) is 11.0 Å². The summed E-state index contributed by atoms with van der Waals surface area (Å²) < 4.78 is 5.34. The van der Waals surface area contributed by atoms with Gasteiger partial charge < -0.3 is 35.1 Å². The van der Waals surface area contributed by atoms with E-state index in [-0.39, 0.29) is 24.9 Å². The van der Waals surface area contributed by atoms with E-state index in [1.807, 2.05) is 27.2 Å². The summed E-state index contributed by atoms with van der Waals surface area (Å²) in [4.78, 5) is 55.6. The predicted octanol–water partition coefficient (Wildman–Crippen LogP) is 2.23. The van der Waals surface area contributed by atoms with Crippen molar-refractivity contribution in [1.29, 1.82) is 0 Å². The van der Waals surface area contributed by atoms with Gasteiger partial charge in [0.15, 0.2) is 0 Å². The number of likely N-dealkylation sites (N-methyl/N-ethyl adjacent to an activating group) is 1. The molecular weight excluding hydrogens is 500 g/mol. The van der Waals surface area contributed by atoms with Gasteiger partial charge in [0, 0.05) is 51.7 Å². The maximum Gasteiger partial charge on any atom is 0.414 e. The van der Waals surface area contributed by atoms with E-state index in [0.29, 0.717) is 37.4 Å². The van der Waals surface area contributed by atoms with E-state index in [1.54, 1.807) is 49.6 Å². The van der Waals surface area contributed by atoms with Gasteiger partial charge in [-0.1, -0.05) is 6.07 Å². The van der Waals surface area contributed by atoms with Gasteiger partial charge in [-0.25, -0.2) is 14.8 Å². The summed E-state index contributed by atoms with van der Waals surface area (Å²) in [5.41, 5.74) is 1.50. The largest absolute Gasteiger partial charge is 0.414 e. The van der Waals surface area contributed by atoms with Crippen LogP contribution in [0.1, 0.15) is 18.4 Å². The summed E-state index contributed by atoms with van der Waals surface area (Å²) in [5.74, 6) is 0.811. The molecule has 12 nitrogen and oxygen atoms in total. The van der Waals surface area contributed by atoms with Gasteiger partial charge in [0.2, 0.25) is 11.8 Å². The number of nitrogens with one attached hydrogen (secondary N) is 3. The smallest absolute Gasteiger partial charge is 0.410 e. The third-order valence-electron chi connectivity index (χ3n) is 6.89. The van der Waals surface area contributed by atoms with Crippen molar-refractivity contribution in [2.45, 2.75) is 19.8 Å². The first kappa shape index (κ1) is 27.8. The molecule has 4 rings (SSSR count). The summed E-state index contributed by atoms with van der Waals surface area (Å²) in [6, 6.07) is 6.71. The van der Waals surface area contributed by atoms with Crippen LogP contribution in [0, 0.1) is 12.3 Å². The molecule has 0 aliphatic carbocycles. The van der Waals surface area contributed by atoms with Crippen LogP contribution in [0.4, 0.5) is 16.3 Å². The van der Waals surface area contributed by atoms with Crippen molar-refractivity contribution in [3.05, 3.63) is 42.4 Å². The minimum atomic E-state index is -0.839. The fourth-order valence-electron chi connectivity index (χ4n) is 4.67. The normalized spacial score (nSPS) is 14.8. The number of aromatic nitrogens is 3. The van der Waals surface area contributed by atoms with Crippen LogP contribution in [0.15, 0.2) is 36.8 Å². The quantitative estimate of drug-likeness (QED) is 0.399. The lowest BCUT2D eigenvalue weighted by Crippen LogP contribution is -2.53. The summed E-state index contributed by atoms with van der Waals surface area (Å²) in [7, 11) is 6.83. The zero-order valence-corrected chi connectivity index (χ0v) is 23.1. The van der Waals surface area contributed by atoms with Gasteiger partial charge in [0.05, 0.1) is 17.3 Å². The number of carbonyl (C=O) groups is 3. The summed E-state index contributed by atoms with van der Waals surface area (Å²) in [6.07, 6.45) is 3.95. The van der Waals surface area contributed by atoms with Crippen LogP contribution in [0.3, 0.4) is 0 Å². The number of hydrogen-bond donors (Lipinski definition) is 3. The topological polar surface area (TPSA) is 136 Å². The maximum atomic E-state index is 13.8. The Morgan fingerprint density at radius 3 is 2.56 bits per heavy atom. The Labute approximate surface area is 227 Å². The fraction of sp³-hybridized carbons (Fsp3) is 0.444. The number of anilines is 2. The first-order valence-corrected chi connectivity index (χ1v) is 12.8. The number of amides is 3. The Morgan fingerprint density at radius 1 is 1.13 bits per heavy atom. The second-order valence-corrected chi connectivity index (χ2v) is 10.4. The summed E-state index contributed by atoms with van der Waals surface area (Å²) >= 11 is 0. The second-order valence-electron chi connectivity index (χ2n) is 10.4. The minimum absolute atomic E-state index is 0.146. The van der Waals surface area contributed by atoms with Gasteiger partial charge >= 0.3 is 6.09 Å². The molecule has 1 fully saturated rings. The second kappa shape index (κ2) is 11.7. The van der Waals surface area contributed by atoms with Crippen molar-refractivity contribution in [2.75, 3.05) is 64.6 Å². The molecule has 1 aliphatic heterocycles. The van der Waals surface area contributed by atoms with Gasteiger partial charge in [-0.2, -0.15) is 0 Å². The lowest BCUT2D eigenvalue weighted by atomic mass is 9.77. The number of benzene rings is 1. The van der Waals surface area contributed by atoms with Gasteiger partial charge in [0.1, 0.15) is 23.5 Å². The van der Waals surface area contributed by atoms with Crippen molar-refractivity contribution in [1.82, 2.24) is 30.1 Å². The van der Waals surface area contributed by atoms with E-state index in [0.717, 1.165) is 22.4 Å². The first-order chi connectivity index (χ1) is 18.6. The Balaban J connectivity index is 1.53. The number of H-pyrrole nitrogens is 1. The van der Waals surface area contributed by atoms with E-state index in [2.05, 4.69) is 30.5 Å². The average Bonchev–Trinajstić information content (AvgIpc) is 3.28. The van der Waals surface area contributed by atoms with Crippen molar-refractivity contribution >= 4 is 40.4 Å². The third kappa shape index (κ3) is 6.45. The van der Waals surface area contributed by atoms with E-state index in [1.165, 1.54) is 4.90 Å². The minimum Gasteiger partial charge on any atom is -0.410 e. The lowest BCUT2D eigenvalue weighted by Gasteiger charge is -2.41. The zero-order chi connectivity index (χ0) is 28.2. The Kier molecular flexibility index (Phi) is 8.34. The number of rotatable bonds is 8. The molecule has 3 amide bonds. The number of hydrogen-bond acceptors (Lipinski definition) is 8. The molecule has 1 aliphatic rings. The molecular formula is C27H36N8O4. The van der Waals surface area contributed by atoms with Gasteiger partial charge in [-0.05, 0) is 51.6 Å². The maximum absolute atomic E-state index is 13.8. The molecule has 0 saturated carbocycles. The highest BCUT2D eigenvalue weighted by Gasteiger charge is 2.42. The van der Waals surface area contributed by atoms with Crippen molar-refractivity contribution in [3.63, 3.8) is 0 Å². The molecule has 1 aromatic carbocycles. The molecule has 0 bridgehead atoms. The molecule has 1 saturated heterocycles. The third-order valence-corrected chi connectivity index (χ3v) is 6.89. The zero-order valence-electron chi connectivity index (χ0n) is 23.1. The number of aryl methyl sites for hydroxylation is 1. The van der Waals surface area contributed by atoms with Crippen LogP contribution < -0.4 is 20.3 Å². The van der Waals surface area contributed by atoms with Crippen LogP contribution in [0.5, 0.6) is 5.75 Å². The van der Waals surface area contributed by atoms with Crippen LogP contribution in [-0.4, -0.2) is 97.0 Å². The highest BCUT2D eigenvalue weighted by atomic mass is 16.6. The van der Waals surface area contributed by atoms with E-state index in [4.69, 9.17) is 4.74 Å². The molecule has 208 valence electrons. The number of ether oxygens (including phenoxy) is 1. The average molecular weight is 537 g/mol. The van der Waals surface area contributed by atoms with Crippen molar-refractivity contribution in [3.8, 4) is 5.75 Å². The Hall–Kier alpha value is -4.19. The van der Waals surface area contributed by atoms with E-state index < -0.39 is 11.5 Å². The summed E-state index contributed by atoms with van der Waals surface area (Å²) in [5, 5.41) is 6.93. The molecule has 12 heteroatoms. The highest BCUT2D eigenvalue weighted by Crippen LogP contribution is 2.36. The number of piperidine rings is 1. The van der Waals surface area contributed by atoms with Crippen LogP contribution >= 0.6 is 0 Å². The van der Waals surface area contributed by atoms with E-state index >= 15 is 0 Å². The van der Waals surface area contributed by atoms with Gasteiger partial charge in [-0.15, -0.1) is 0 Å². The highest BCUT2D eigenvalue weighted by molar-refractivity contribution is 5.97. The van der Waals surface area contributed by atoms with Crippen molar-refractivity contribution < 1.29 is 19.1 Å². The number of nitrogens with zero attached hydrogens (tertiary/aromatic N) is 5. The Bertz CT molecular complexity index is 1340. The van der Waals surface area contributed by atoms with Crippen LogP contribution in [-0.2, 0) is 9.59 Å². The van der Waals surface area contributed by atoms with Gasteiger partial charge in [-0.3, -0.25) is 9.59 Å². The monoisotopic (exact) mass is 536 g/mol.